The number of cyclic esters (lactones) is 1. The first kappa shape index (κ1) is 10.3. The summed E-state index contributed by atoms with van der Waals surface area (Å²) in [6.07, 6.45) is 3.89. The van der Waals surface area contributed by atoms with Gasteiger partial charge in [0.15, 0.2) is 0 Å². The van der Waals surface area contributed by atoms with E-state index in [1.807, 2.05) is 0 Å². The second-order valence-corrected chi connectivity index (χ2v) is 4.33. The van der Waals surface area contributed by atoms with Crippen LogP contribution in [-0.4, -0.2) is 35.8 Å². The first-order valence-electron chi connectivity index (χ1n) is 5.84. The van der Waals surface area contributed by atoms with E-state index in [2.05, 4.69) is 15.3 Å². The zero-order valence-electron chi connectivity index (χ0n) is 9.43. The number of aromatic nitrogens is 2. The topological polar surface area (TPSA) is 67.3 Å². The van der Waals surface area contributed by atoms with E-state index in [0.29, 0.717) is 24.9 Å². The van der Waals surface area contributed by atoms with Crippen LogP contribution in [0.2, 0.25) is 0 Å². The lowest BCUT2D eigenvalue weighted by atomic mass is 10.4. The molecule has 2 heterocycles. The van der Waals surface area contributed by atoms with Gasteiger partial charge in [-0.05, 0) is 24.8 Å². The normalized spacial score (nSPS) is 19.3. The fourth-order valence-corrected chi connectivity index (χ4v) is 1.74. The van der Waals surface area contributed by atoms with Gasteiger partial charge in [-0.1, -0.05) is 0 Å². The van der Waals surface area contributed by atoms with E-state index in [1.165, 1.54) is 17.7 Å². The van der Waals surface area contributed by atoms with E-state index in [1.54, 1.807) is 12.3 Å². The molecule has 6 nitrogen and oxygen atoms in total. The molecule has 17 heavy (non-hydrogen) atoms. The van der Waals surface area contributed by atoms with E-state index in [4.69, 9.17) is 4.74 Å². The molecule has 1 aromatic rings. The van der Waals surface area contributed by atoms with E-state index >= 15 is 0 Å². The summed E-state index contributed by atoms with van der Waals surface area (Å²) in [7, 11) is 0. The summed E-state index contributed by atoms with van der Waals surface area (Å²) in [4.78, 5) is 21.3. The number of carbonyl (C=O) groups excluding carboxylic acids is 1. The van der Waals surface area contributed by atoms with Crippen molar-refractivity contribution in [3.05, 3.63) is 12.3 Å². The predicted octanol–water partition coefficient (Wildman–Crippen LogP) is 1.26. The van der Waals surface area contributed by atoms with Gasteiger partial charge in [0.2, 0.25) is 5.95 Å². The summed E-state index contributed by atoms with van der Waals surface area (Å²) in [5, 5.41) is 3.18. The number of hydrogen-bond donors (Lipinski definition) is 1. The molecule has 1 aromatic heterocycles. The number of rotatable bonds is 4. The van der Waals surface area contributed by atoms with Gasteiger partial charge in [0.05, 0.1) is 6.54 Å². The molecule has 0 spiro atoms. The van der Waals surface area contributed by atoms with Crippen LogP contribution in [0.1, 0.15) is 12.8 Å². The molecule has 0 bridgehead atoms. The molecule has 90 valence electrons. The lowest BCUT2D eigenvalue weighted by molar-refractivity contribution is 0.181. The largest absolute Gasteiger partial charge is 0.447 e. The Bertz CT molecular complexity index is 433. The molecule has 3 rings (SSSR count). The van der Waals surface area contributed by atoms with Crippen molar-refractivity contribution in [3.8, 4) is 0 Å². The standard InChI is InChI=1S/C11H14N4O2/c16-11-15(5-6-17-11)9-3-4-12-10(14-9)13-7-8-1-2-8/h3-4,8H,1-2,5-7H2,(H,12,13,14). The highest BCUT2D eigenvalue weighted by Gasteiger charge is 2.25. The molecule has 1 aliphatic heterocycles. The maximum atomic E-state index is 11.4. The van der Waals surface area contributed by atoms with Crippen molar-refractivity contribution >= 4 is 17.9 Å². The fraction of sp³-hybridized carbons (Fsp3) is 0.545. The van der Waals surface area contributed by atoms with Gasteiger partial charge in [-0.15, -0.1) is 0 Å². The van der Waals surface area contributed by atoms with Crippen molar-refractivity contribution in [1.82, 2.24) is 9.97 Å². The minimum atomic E-state index is -0.336. The molecule has 0 aromatic carbocycles. The third kappa shape index (κ3) is 2.30. The Balaban J connectivity index is 1.70. The van der Waals surface area contributed by atoms with Crippen LogP contribution in [-0.2, 0) is 4.74 Å². The molecular weight excluding hydrogens is 220 g/mol. The van der Waals surface area contributed by atoms with Gasteiger partial charge >= 0.3 is 6.09 Å². The average molecular weight is 234 g/mol. The Morgan fingerprint density at radius 3 is 3.12 bits per heavy atom. The first-order chi connectivity index (χ1) is 8.33. The number of amides is 1. The molecule has 1 saturated heterocycles. The highest BCUT2D eigenvalue weighted by atomic mass is 16.6. The zero-order chi connectivity index (χ0) is 11.7. The summed E-state index contributed by atoms with van der Waals surface area (Å²) in [6, 6.07) is 1.72. The van der Waals surface area contributed by atoms with E-state index in [9.17, 15) is 4.79 Å². The number of hydrogen-bond acceptors (Lipinski definition) is 5. The average Bonchev–Trinajstić information content (AvgIpc) is 3.08. The molecule has 1 saturated carbocycles. The number of carbonyl (C=O) groups is 1. The van der Waals surface area contributed by atoms with Gasteiger partial charge in [0.25, 0.3) is 0 Å². The van der Waals surface area contributed by atoms with Crippen molar-refractivity contribution in [1.29, 1.82) is 0 Å². The minimum Gasteiger partial charge on any atom is -0.447 e. The van der Waals surface area contributed by atoms with Crippen LogP contribution in [0.25, 0.3) is 0 Å². The Labute approximate surface area is 99.0 Å². The number of nitrogens with one attached hydrogen (secondary N) is 1. The van der Waals surface area contributed by atoms with Crippen LogP contribution in [0.4, 0.5) is 16.6 Å². The Morgan fingerprint density at radius 1 is 1.53 bits per heavy atom. The van der Waals surface area contributed by atoms with E-state index in [-0.39, 0.29) is 6.09 Å². The Morgan fingerprint density at radius 2 is 2.41 bits per heavy atom. The lowest BCUT2D eigenvalue weighted by Crippen LogP contribution is -2.24. The summed E-state index contributed by atoms with van der Waals surface area (Å²) < 4.78 is 4.87. The second-order valence-electron chi connectivity index (χ2n) is 4.33. The molecule has 1 amide bonds. The van der Waals surface area contributed by atoms with Gasteiger partial charge < -0.3 is 10.1 Å². The minimum absolute atomic E-state index is 0.336. The quantitative estimate of drug-likeness (QED) is 0.849. The van der Waals surface area contributed by atoms with Crippen molar-refractivity contribution in [2.45, 2.75) is 12.8 Å². The molecule has 0 atom stereocenters. The van der Waals surface area contributed by atoms with Crippen molar-refractivity contribution in [3.63, 3.8) is 0 Å². The van der Waals surface area contributed by atoms with Crippen molar-refractivity contribution < 1.29 is 9.53 Å². The lowest BCUT2D eigenvalue weighted by Gasteiger charge is -2.12. The zero-order valence-corrected chi connectivity index (χ0v) is 9.43. The molecule has 0 unspecified atom stereocenters. The van der Waals surface area contributed by atoms with Gasteiger partial charge in [-0.2, -0.15) is 4.98 Å². The molecule has 2 fully saturated rings. The summed E-state index contributed by atoms with van der Waals surface area (Å²) >= 11 is 0. The van der Waals surface area contributed by atoms with Crippen LogP contribution >= 0.6 is 0 Å². The molecule has 1 aliphatic carbocycles. The monoisotopic (exact) mass is 234 g/mol. The van der Waals surface area contributed by atoms with Crippen LogP contribution in [0.15, 0.2) is 12.3 Å². The highest BCUT2D eigenvalue weighted by Crippen LogP contribution is 2.28. The molecular formula is C11H14N4O2. The second kappa shape index (κ2) is 4.20. The van der Waals surface area contributed by atoms with Crippen LogP contribution in [0.3, 0.4) is 0 Å². The summed E-state index contributed by atoms with van der Waals surface area (Å²) in [5.41, 5.74) is 0. The predicted molar refractivity (Wildman–Crippen MR) is 61.9 cm³/mol. The van der Waals surface area contributed by atoms with Crippen molar-refractivity contribution in [2.75, 3.05) is 29.9 Å². The Hall–Kier alpha value is -1.85. The molecule has 0 radical (unpaired) electrons. The number of anilines is 2. The SMILES string of the molecule is O=C1OCCN1c1ccnc(NCC2CC2)n1. The summed E-state index contributed by atoms with van der Waals surface area (Å²) in [6.45, 7) is 1.89. The molecule has 6 heteroatoms. The highest BCUT2D eigenvalue weighted by molar-refractivity contribution is 5.88. The smallest absolute Gasteiger partial charge is 0.415 e. The fourth-order valence-electron chi connectivity index (χ4n) is 1.74. The van der Waals surface area contributed by atoms with Crippen LogP contribution in [0.5, 0.6) is 0 Å². The summed E-state index contributed by atoms with van der Waals surface area (Å²) in [5.74, 6) is 1.94. The number of ether oxygens (including phenoxy) is 1. The molecule has 2 aliphatic rings. The Kier molecular flexibility index (Phi) is 2.55. The molecule has 1 N–H and O–H groups in total. The first-order valence-corrected chi connectivity index (χ1v) is 5.84. The van der Waals surface area contributed by atoms with Crippen LogP contribution in [0, 0.1) is 5.92 Å². The van der Waals surface area contributed by atoms with E-state index < -0.39 is 0 Å². The van der Waals surface area contributed by atoms with Gasteiger partial charge in [-0.25, -0.2) is 9.78 Å². The maximum Gasteiger partial charge on any atom is 0.415 e. The van der Waals surface area contributed by atoms with Crippen LogP contribution < -0.4 is 10.2 Å². The number of nitrogens with zero attached hydrogens (tertiary/aromatic N) is 3. The maximum absolute atomic E-state index is 11.4. The van der Waals surface area contributed by atoms with Gasteiger partial charge in [0.1, 0.15) is 12.4 Å². The van der Waals surface area contributed by atoms with Crippen molar-refractivity contribution in [2.24, 2.45) is 5.92 Å². The third-order valence-corrected chi connectivity index (χ3v) is 2.92. The van der Waals surface area contributed by atoms with Gasteiger partial charge in [0, 0.05) is 12.7 Å². The van der Waals surface area contributed by atoms with E-state index in [0.717, 1.165) is 12.5 Å². The van der Waals surface area contributed by atoms with Gasteiger partial charge in [-0.3, -0.25) is 4.90 Å². The third-order valence-electron chi connectivity index (χ3n) is 2.92.